The molecule has 0 heterocycles. The summed E-state index contributed by atoms with van der Waals surface area (Å²) in [5.74, 6) is -0.709. The number of benzene rings is 3. The van der Waals surface area contributed by atoms with Crippen LogP contribution in [0.5, 0.6) is 5.75 Å². The predicted molar refractivity (Wildman–Crippen MR) is 161 cm³/mol. The molecule has 224 valence electrons. The number of hydrogen-bond donors (Lipinski definition) is 1. The Morgan fingerprint density at radius 3 is 2.29 bits per heavy atom. The van der Waals surface area contributed by atoms with Gasteiger partial charge >= 0.3 is 0 Å². The number of aryl methyl sites for hydroxylation is 1. The quantitative estimate of drug-likeness (QED) is 0.219. The highest BCUT2D eigenvalue weighted by Crippen LogP contribution is 2.30. The third-order valence-corrected chi connectivity index (χ3v) is 8.97. The molecule has 3 aromatic rings. The maximum atomic E-state index is 14.0. The topological polar surface area (TPSA) is 139 Å². The molecule has 1 N–H and O–H groups in total. The summed E-state index contributed by atoms with van der Waals surface area (Å²) in [4.78, 5) is 38.5. The summed E-state index contributed by atoms with van der Waals surface area (Å²) < 4.78 is 34.0. The van der Waals surface area contributed by atoms with Gasteiger partial charge in [-0.05, 0) is 68.8 Å². The molecule has 11 nitrogen and oxygen atoms in total. The van der Waals surface area contributed by atoms with Gasteiger partial charge in [0.2, 0.25) is 11.8 Å². The van der Waals surface area contributed by atoms with Crippen LogP contribution < -0.4 is 14.4 Å². The molecule has 0 saturated carbocycles. The normalized spacial score (nSPS) is 11.9. The van der Waals surface area contributed by atoms with E-state index in [0.717, 1.165) is 10.4 Å². The summed E-state index contributed by atoms with van der Waals surface area (Å²) in [5.41, 5.74) is 0.548. The number of methoxy groups -OCH3 is 1. The van der Waals surface area contributed by atoms with Gasteiger partial charge in [-0.2, -0.15) is 0 Å². The molecular formula is C28H30Cl2N4O7S. The number of nitro benzene ring substituents is 1. The van der Waals surface area contributed by atoms with E-state index in [1.165, 1.54) is 62.3 Å². The Labute approximate surface area is 254 Å². The van der Waals surface area contributed by atoms with E-state index in [2.05, 4.69) is 5.32 Å². The van der Waals surface area contributed by atoms with E-state index in [9.17, 15) is 28.1 Å². The molecule has 0 aliphatic carbocycles. The standard InChI is InChI=1S/C28H30Cl2N4O7S/c1-5-31-28(36)19(3)32(16-20-7-13-24(29)25(30)14-20)27(35)17-33(21-8-10-22(41-4)11-9-21)42(39,40)23-12-6-18(2)26(15-23)34(37)38/h6-15,19H,5,16-17H2,1-4H3,(H,31,36). The number of amides is 2. The number of likely N-dealkylation sites (N-methyl/N-ethyl adjacent to an activating group) is 1. The van der Waals surface area contributed by atoms with Gasteiger partial charge < -0.3 is 15.0 Å². The fraction of sp³-hybridized carbons (Fsp3) is 0.286. The number of carbonyl (C=O) groups excluding carboxylic acids is 2. The molecule has 0 aliphatic heterocycles. The molecule has 3 aromatic carbocycles. The largest absolute Gasteiger partial charge is 0.497 e. The highest BCUT2D eigenvalue weighted by Gasteiger charge is 2.33. The van der Waals surface area contributed by atoms with Crippen LogP contribution in [0.4, 0.5) is 11.4 Å². The number of anilines is 1. The molecule has 0 aliphatic rings. The van der Waals surface area contributed by atoms with Crippen molar-refractivity contribution in [3.63, 3.8) is 0 Å². The second-order valence-corrected chi connectivity index (χ2v) is 11.9. The summed E-state index contributed by atoms with van der Waals surface area (Å²) in [6, 6.07) is 13.2. The first-order valence-electron chi connectivity index (χ1n) is 12.7. The minimum absolute atomic E-state index is 0.0828. The van der Waals surface area contributed by atoms with Crippen molar-refractivity contribution in [1.29, 1.82) is 0 Å². The zero-order chi connectivity index (χ0) is 31.2. The van der Waals surface area contributed by atoms with Crippen molar-refractivity contribution in [1.82, 2.24) is 10.2 Å². The molecule has 2 amide bonds. The lowest BCUT2D eigenvalue weighted by atomic mass is 10.1. The number of nitro groups is 1. The zero-order valence-corrected chi connectivity index (χ0v) is 25.7. The third kappa shape index (κ3) is 7.50. The first-order chi connectivity index (χ1) is 19.8. The Morgan fingerprint density at radius 2 is 1.71 bits per heavy atom. The van der Waals surface area contributed by atoms with E-state index in [1.54, 1.807) is 25.1 Å². The fourth-order valence-corrected chi connectivity index (χ4v) is 5.85. The van der Waals surface area contributed by atoms with E-state index in [4.69, 9.17) is 27.9 Å². The second kappa shape index (κ2) is 13.9. The summed E-state index contributed by atoms with van der Waals surface area (Å²) >= 11 is 12.2. The van der Waals surface area contributed by atoms with Gasteiger partial charge in [0.25, 0.3) is 15.7 Å². The SMILES string of the molecule is CCNC(=O)C(C)N(Cc1ccc(Cl)c(Cl)c1)C(=O)CN(c1ccc(OC)cc1)S(=O)(=O)c1ccc(C)c([N+](=O)[O-])c1. The smallest absolute Gasteiger partial charge is 0.273 e. The monoisotopic (exact) mass is 636 g/mol. The van der Waals surface area contributed by atoms with Crippen LogP contribution in [0.15, 0.2) is 65.6 Å². The van der Waals surface area contributed by atoms with Crippen LogP contribution in [0.2, 0.25) is 10.0 Å². The lowest BCUT2D eigenvalue weighted by Crippen LogP contribution is -2.51. The molecule has 0 bridgehead atoms. The maximum Gasteiger partial charge on any atom is 0.273 e. The lowest BCUT2D eigenvalue weighted by molar-refractivity contribution is -0.385. The lowest BCUT2D eigenvalue weighted by Gasteiger charge is -2.32. The van der Waals surface area contributed by atoms with Gasteiger partial charge in [0.05, 0.1) is 32.7 Å². The molecule has 0 radical (unpaired) electrons. The van der Waals surface area contributed by atoms with Gasteiger partial charge in [0.15, 0.2) is 0 Å². The van der Waals surface area contributed by atoms with Gasteiger partial charge in [0.1, 0.15) is 18.3 Å². The molecule has 0 saturated heterocycles. The Bertz CT molecular complexity index is 1580. The number of sulfonamides is 1. The fourth-order valence-electron chi connectivity index (χ4n) is 4.09. The highest BCUT2D eigenvalue weighted by molar-refractivity contribution is 7.92. The van der Waals surface area contributed by atoms with E-state index in [0.29, 0.717) is 22.9 Å². The van der Waals surface area contributed by atoms with Crippen molar-refractivity contribution in [2.75, 3.05) is 24.5 Å². The Kier molecular flexibility index (Phi) is 10.8. The summed E-state index contributed by atoms with van der Waals surface area (Å²) in [5, 5.41) is 14.8. The summed E-state index contributed by atoms with van der Waals surface area (Å²) in [7, 11) is -3.07. The zero-order valence-electron chi connectivity index (χ0n) is 23.3. The van der Waals surface area contributed by atoms with Crippen molar-refractivity contribution in [3.8, 4) is 5.75 Å². The molecule has 0 spiro atoms. The van der Waals surface area contributed by atoms with Crippen molar-refractivity contribution >= 4 is 56.4 Å². The van der Waals surface area contributed by atoms with Gasteiger partial charge in [-0.25, -0.2) is 8.42 Å². The number of rotatable bonds is 12. The third-order valence-electron chi connectivity index (χ3n) is 6.46. The van der Waals surface area contributed by atoms with E-state index in [-0.39, 0.29) is 33.4 Å². The molecule has 1 unspecified atom stereocenters. The summed E-state index contributed by atoms with van der Waals surface area (Å²) in [6.45, 7) is 4.26. The van der Waals surface area contributed by atoms with Crippen LogP contribution in [0.1, 0.15) is 25.0 Å². The van der Waals surface area contributed by atoms with Crippen LogP contribution in [0, 0.1) is 17.0 Å². The van der Waals surface area contributed by atoms with Crippen molar-refractivity contribution in [2.24, 2.45) is 0 Å². The average molecular weight is 638 g/mol. The van der Waals surface area contributed by atoms with E-state index >= 15 is 0 Å². The first-order valence-corrected chi connectivity index (χ1v) is 14.9. The predicted octanol–water partition coefficient (Wildman–Crippen LogP) is 4.97. The van der Waals surface area contributed by atoms with Crippen LogP contribution in [-0.2, 0) is 26.2 Å². The van der Waals surface area contributed by atoms with Crippen molar-refractivity contribution in [3.05, 3.63) is 92.0 Å². The number of nitrogens with one attached hydrogen (secondary N) is 1. The van der Waals surface area contributed by atoms with Crippen LogP contribution >= 0.6 is 23.2 Å². The Balaban J connectivity index is 2.10. The first kappa shape index (κ1) is 32.6. The molecule has 0 aromatic heterocycles. The molecule has 14 heteroatoms. The minimum atomic E-state index is -4.51. The number of ether oxygens (including phenoxy) is 1. The van der Waals surface area contributed by atoms with Crippen molar-refractivity contribution in [2.45, 2.75) is 38.3 Å². The van der Waals surface area contributed by atoms with Crippen LogP contribution in [0.25, 0.3) is 0 Å². The van der Waals surface area contributed by atoms with Crippen LogP contribution in [0.3, 0.4) is 0 Å². The molecular weight excluding hydrogens is 607 g/mol. The number of nitrogens with zero attached hydrogens (tertiary/aromatic N) is 3. The van der Waals surface area contributed by atoms with Gasteiger partial charge in [-0.15, -0.1) is 0 Å². The molecule has 1 atom stereocenters. The maximum absolute atomic E-state index is 14.0. The highest BCUT2D eigenvalue weighted by atomic mass is 35.5. The number of halogens is 2. The number of hydrogen-bond acceptors (Lipinski definition) is 7. The number of carbonyl (C=O) groups is 2. The molecule has 3 rings (SSSR count). The Morgan fingerprint density at radius 1 is 1.05 bits per heavy atom. The summed E-state index contributed by atoms with van der Waals surface area (Å²) in [6.07, 6.45) is 0. The van der Waals surface area contributed by atoms with Gasteiger partial charge in [0, 0.05) is 24.7 Å². The van der Waals surface area contributed by atoms with E-state index < -0.39 is 39.3 Å². The van der Waals surface area contributed by atoms with Gasteiger partial charge in [-0.3, -0.25) is 24.0 Å². The molecule has 42 heavy (non-hydrogen) atoms. The minimum Gasteiger partial charge on any atom is -0.497 e. The van der Waals surface area contributed by atoms with E-state index in [1.807, 2.05) is 0 Å². The van der Waals surface area contributed by atoms with Crippen LogP contribution in [-0.4, -0.2) is 56.3 Å². The second-order valence-electron chi connectivity index (χ2n) is 9.26. The van der Waals surface area contributed by atoms with Crippen molar-refractivity contribution < 1.29 is 27.7 Å². The Hall–Kier alpha value is -3.87. The molecule has 0 fully saturated rings. The van der Waals surface area contributed by atoms with Gasteiger partial charge in [-0.1, -0.05) is 35.3 Å². The average Bonchev–Trinajstić information content (AvgIpc) is 2.96.